The maximum absolute atomic E-state index is 15.3. The molecule has 192 valence electrons. The van der Waals surface area contributed by atoms with Crippen molar-refractivity contribution in [1.82, 2.24) is 14.9 Å². The summed E-state index contributed by atoms with van der Waals surface area (Å²) >= 11 is -0.435. The van der Waals surface area contributed by atoms with Crippen molar-refractivity contribution in [2.24, 2.45) is 5.92 Å². The van der Waals surface area contributed by atoms with Crippen LogP contribution >= 0.6 is 0 Å². The molecular formula is C24H31F2IN5O3-. The molecular weight excluding hydrogens is 571 g/mol. The number of unbranched alkanes of at least 4 members (excludes halogenated alkanes) is 1. The summed E-state index contributed by atoms with van der Waals surface area (Å²) < 4.78 is 38.2. The van der Waals surface area contributed by atoms with E-state index < -0.39 is 56.6 Å². The Balaban J connectivity index is 2.03. The van der Waals surface area contributed by atoms with E-state index in [1.165, 1.54) is 9.47 Å². The third kappa shape index (κ3) is 6.27. The van der Waals surface area contributed by atoms with Crippen LogP contribution in [0.2, 0.25) is 0 Å². The van der Waals surface area contributed by atoms with E-state index in [0.29, 0.717) is 0 Å². The second-order valence-electron chi connectivity index (χ2n) is 9.51. The van der Waals surface area contributed by atoms with Gasteiger partial charge in [-0.3, -0.25) is 0 Å². The number of anilines is 1. The van der Waals surface area contributed by atoms with Crippen molar-refractivity contribution in [3.63, 3.8) is 0 Å². The second-order valence-corrected chi connectivity index (χ2v) is 12.4. The number of amides is 1. The monoisotopic (exact) mass is 602 g/mol. The van der Waals surface area contributed by atoms with E-state index in [1.54, 1.807) is 26.8 Å². The molecule has 2 heterocycles. The summed E-state index contributed by atoms with van der Waals surface area (Å²) in [5, 5.41) is 12.4. The summed E-state index contributed by atoms with van der Waals surface area (Å²) in [5.74, 6) is -2.35. The molecule has 1 saturated heterocycles. The summed E-state index contributed by atoms with van der Waals surface area (Å²) in [6.07, 6.45) is 2.28. The first-order chi connectivity index (χ1) is 16.6. The van der Waals surface area contributed by atoms with Crippen molar-refractivity contribution in [3.8, 4) is 6.07 Å². The molecule has 1 N–H and O–H groups in total. The van der Waals surface area contributed by atoms with E-state index >= 15 is 4.39 Å². The Bertz CT molecular complexity index is 1140. The Labute approximate surface area is 214 Å². The zero-order valence-corrected chi connectivity index (χ0v) is 22.6. The van der Waals surface area contributed by atoms with E-state index in [4.69, 9.17) is 4.74 Å². The van der Waals surface area contributed by atoms with Gasteiger partial charge in [-0.2, -0.15) is 0 Å². The van der Waals surface area contributed by atoms with Crippen molar-refractivity contribution < 1.29 is 44.3 Å². The van der Waals surface area contributed by atoms with Gasteiger partial charge < -0.3 is 0 Å². The molecule has 0 bridgehead atoms. The van der Waals surface area contributed by atoms with E-state index in [1.807, 2.05) is 0 Å². The summed E-state index contributed by atoms with van der Waals surface area (Å²) in [5.41, 5.74) is -1.76. The number of aromatic nitrogens is 2. The van der Waals surface area contributed by atoms with Crippen molar-refractivity contribution in [2.75, 3.05) is 33.6 Å². The van der Waals surface area contributed by atoms with Crippen LogP contribution in [-0.4, -0.2) is 50.1 Å². The number of halogens is 3. The molecule has 0 unspecified atom stereocenters. The average molecular weight is 602 g/mol. The molecule has 1 aliphatic rings. The van der Waals surface area contributed by atoms with Gasteiger partial charge in [-0.15, -0.1) is 0 Å². The molecule has 11 heteroatoms. The van der Waals surface area contributed by atoms with Crippen molar-refractivity contribution in [2.45, 2.75) is 52.5 Å². The number of fused-ring (bicyclic) bond motifs is 1. The number of carbonyl (C=O) groups is 2. The molecule has 1 aromatic carbocycles. The van der Waals surface area contributed by atoms with Crippen LogP contribution in [0.1, 0.15) is 52.5 Å². The van der Waals surface area contributed by atoms with Crippen molar-refractivity contribution >= 4 is 28.9 Å². The Morgan fingerprint density at radius 3 is 2.66 bits per heavy atom. The molecule has 8 nitrogen and oxygen atoms in total. The third-order valence-corrected chi connectivity index (χ3v) is 8.36. The number of alkyl halides is 2. The van der Waals surface area contributed by atoms with Crippen LogP contribution < -0.4 is 31.4 Å². The summed E-state index contributed by atoms with van der Waals surface area (Å²) in [6, 6.07) is 2.47. The second kappa shape index (κ2) is 11.6. The molecule has 1 amide bonds. The van der Waals surface area contributed by atoms with Gasteiger partial charge >= 0.3 is 215 Å². The molecule has 1 fully saturated rings. The van der Waals surface area contributed by atoms with E-state index in [9.17, 15) is 19.2 Å². The van der Waals surface area contributed by atoms with Gasteiger partial charge in [0, 0.05) is 0 Å². The zero-order valence-electron chi connectivity index (χ0n) is 20.5. The van der Waals surface area contributed by atoms with Crippen LogP contribution in [0.5, 0.6) is 0 Å². The number of benzene rings is 1. The van der Waals surface area contributed by atoms with Gasteiger partial charge in [-0.05, 0) is 0 Å². The van der Waals surface area contributed by atoms with Crippen LogP contribution in [0.25, 0.3) is 11.0 Å². The minimum absolute atomic E-state index is 0.0111. The van der Waals surface area contributed by atoms with Crippen molar-refractivity contribution in [3.05, 3.63) is 23.3 Å². The predicted octanol–water partition coefficient (Wildman–Crippen LogP) is 0.273. The zero-order chi connectivity index (χ0) is 25.8. The molecule has 2 aromatic rings. The molecule has 3 rings (SSSR count). The maximum atomic E-state index is 15.3. The predicted molar refractivity (Wildman–Crippen MR) is 123 cm³/mol. The van der Waals surface area contributed by atoms with E-state index in [-0.39, 0.29) is 39.7 Å². The third-order valence-electron chi connectivity index (χ3n) is 5.64. The number of hydrogen-bond donors (Lipinski definition) is 1. The van der Waals surface area contributed by atoms with Crippen LogP contribution in [0.15, 0.2) is 6.07 Å². The molecule has 0 atom stereocenters. The van der Waals surface area contributed by atoms with Crippen LogP contribution in [0.4, 0.5) is 14.7 Å². The quantitative estimate of drug-likeness (QED) is 0.138. The van der Waals surface area contributed by atoms with Gasteiger partial charge in [0.1, 0.15) is 0 Å². The van der Waals surface area contributed by atoms with Crippen LogP contribution in [0, 0.1) is 28.9 Å². The standard InChI is InChI=1S/C24H31F2IN5O3/c1-5-6-7-27-10-18(33)31(14-35-19(34)8-15-12-29-13-15)23-30-21-17(25)9-16(11-28)20(26)22(21)32(23)24(2,3)4/h9,15,29H,5-8,10,12-14H2,1-4H3/q-1. The first-order valence-electron chi connectivity index (χ1n) is 11.6. The number of ether oxygens (including phenoxy) is 1. The van der Waals surface area contributed by atoms with Gasteiger partial charge in [0.2, 0.25) is 0 Å². The fourth-order valence-corrected chi connectivity index (χ4v) is 6.23. The fraction of sp³-hybridized carbons (Fsp3) is 0.583. The van der Waals surface area contributed by atoms with Gasteiger partial charge in [-0.1, -0.05) is 0 Å². The number of imidazole rings is 1. The molecule has 0 radical (unpaired) electrons. The number of carbonyl (C=O) groups excluding carboxylic acids is 2. The number of rotatable bonds is 10. The molecule has 0 spiro atoms. The number of nitrogens with one attached hydrogen (secondary N) is 1. The summed E-state index contributed by atoms with van der Waals surface area (Å²) in [4.78, 5) is 31.2. The first-order valence-corrected chi connectivity index (χ1v) is 14.6. The SMILES string of the molecule is CCCC[I-]CC(=O)N(COC(=O)CC1CNC1)c1nc2c(F)cc(C#N)c(F)c2n1C(C)(C)C. The Kier molecular flexibility index (Phi) is 9.04. The molecule has 0 aliphatic carbocycles. The Morgan fingerprint density at radius 1 is 1.37 bits per heavy atom. The molecule has 1 aromatic heterocycles. The van der Waals surface area contributed by atoms with Gasteiger partial charge in [-0.25, -0.2) is 0 Å². The molecule has 0 saturated carbocycles. The van der Waals surface area contributed by atoms with E-state index in [2.05, 4.69) is 17.2 Å². The fourth-order valence-electron chi connectivity index (χ4n) is 3.67. The summed E-state index contributed by atoms with van der Waals surface area (Å²) in [6.45, 7) is 8.45. The number of hydrogen-bond acceptors (Lipinski definition) is 6. The molecule has 35 heavy (non-hydrogen) atoms. The number of esters is 1. The van der Waals surface area contributed by atoms with Crippen LogP contribution in [0.3, 0.4) is 0 Å². The number of nitriles is 1. The minimum atomic E-state index is -0.908. The number of nitrogens with zero attached hydrogens (tertiary/aromatic N) is 4. The average Bonchev–Trinajstić information content (AvgIpc) is 3.18. The van der Waals surface area contributed by atoms with E-state index in [0.717, 1.165) is 36.4 Å². The van der Waals surface area contributed by atoms with Crippen LogP contribution in [-0.2, 0) is 19.9 Å². The van der Waals surface area contributed by atoms with Gasteiger partial charge in [0.05, 0.1) is 0 Å². The Hall–Kier alpha value is -2.33. The normalized spacial score (nSPS) is 14.1. The topological polar surface area (TPSA) is 100 Å². The van der Waals surface area contributed by atoms with Gasteiger partial charge in [0.25, 0.3) is 0 Å². The molecule has 1 aliphatic heterocycles. The van der Waals surface area contributed by atoms with Crippen molar-refractivity contribution in [1.29, 1.82) is 5.26 Å². The summed E-state index contributed by atoms with van der Waals surface area (Å²) in [7, 11) is 0. The van der Waals surface area contributed by atoms with Gasteiger partial charge in [0.15, 0.2) is 0 Å². The first kappa shape index (κ1) is 27.3. The Morgan fingerprint density at radius 2 is 2.09 bits per heavy atom.